The smallest absolute Gasteiger partial charge is 0.251 e. The quantitative estimate of drug-likeness (QED) is 0.612. The molecule has 5 nitrogen and oxygen atoms in total. The van der Waals surface area contributed by atoms with Crippen molar-refractivity contribution in [2.24, 2.45) is 10.2 Å². The average molecular weight is 222 g/mol. The normalized spacial score (nSPS) is 14.3. The highest BCUT2D eigenvalue weighted by atomic mass is 32.2. The van der Waals surface area contributed by atoms with E-state index in [1.54, 1.807) is 13.1 Å². The summed E-state index contributed by atoms with van der Waals surface area (Å²) in [5, 5.41) is 8.34. The van der Waals surface area contributed by atoms with Gasteiger partial charge in [-0.1, -0.05) is 11.8 Å². The van der Waals surface area contributed by atoms with Crippen LogP contribution >= 0.6 is 11.8 Å². The zero-order valence-electron chi connectivity index (χ0n) is 8.23. The Bertz CT molecular complexity index is 477. The summed E-state index contributed by atoms with van der Waals surface area (Å²) >= 11 is 1.47. The summed E-state index contributed by atoms with van der Waals surface area (Å²) in [4.78, 5) is 18.0. The highest BCUT2D eigenvalue weighted by Gasteiger charge is 2.05. The molecule has 15 heavy (non-hydrogen) atoms. The van der Waals surface area contributed by atoms with E-state index in [1.807, 2.05) is 0 Å². The lowest BCUT2D eigenvalue weighted by atomic mass is 10.3. The van der Waals surface area contributed by atoms with Gasteiger partial charge in [0, 0.05) is 30.1 Å². The van der Waals surface area contributed by atoms with Crippen LogP contribution in [0.15, 0.2) is 26.2 Å². The van der Waals surface area contributed by atoms with E-state index >= 15 is 0 Å². The fraction of sp³-hybridized carbons (Fsp3) is 0.333. The molecule has 0 aliphatic carbocycles. The maximum atomic E-state index is 11.1. The molecule has 0 atom stereocenters. The topological polar surface area (TPSA) is 70.5 Å². The molecule has 1 aliphatic heterocycles. The summed E-state index contributed by atoms with van der Waals surface area (Å²) in [6, 6.07) is 1.47. The second kappa shape index (κ2) is 4.39. The molecule has 1 N–H and O–H groups in total. The van der Waals surface area contributed by atoms with Gasteiger partial charge in [-0.05, 0) is 6.92 Å². The van der Waals surface area contributed by atoms with Crippen molar-refractivity contribution in [2.75, 3.05) is 5.75 Å². The fourth-order valence-corrected chi connectivity index (χ4v) is 2.03. The molecule has 0 saturated carbocycles. The van der Waals surface area contributed by atoms with E-state index in [1.165, 1.54) is 17.8 Å². The maximum Gasteiger partial charge on any atom is 0.251 e. The molecule has 0 amide bonds. The highest BCUT2D eigenvalue weighted by Crippen LogP contribution is 2.13. The van der Waals surface area contributed by atoms with Crippen molar-refractivity contribution in [3.63, 3.8) is 0 Å². The zero-order chi connectivity index (χ0) is 10.7. The van der Waals surface area contributed by atoms with Crippen LogP contribution in [0.5, 0.6) is 0 Å². The molecule has 0 spiro atoms. The van der Waals surface area contributed by atoms with E-state index in [4.69, 9.17) is 0 Å². The van der Waals surface area contributed by atoms with E-state index in [0.717, 1.165) is 17.8 Å². The summed E-state index contributed by atoms with van der Waals surface area (Å²) in [5.74, 6) is 0.715. The van der Waals surface area contributed by atoms with Crippen molar-refractivity contribution in [1.82, 2.24) is 9.97 Å². The van der Waals surface area contributed by atoms with Gasteiger partial charge in [0.2, 0.25) is 0 Å². The Morgan fingerprint density at radius 2 is 2.47 bits per heavy atom. The van der Waals surface area contributed by atoms with Crippen LogP contribution in [-0.2, 0) is 0 Å². The first kappa shape index (κ1) is 10.1. The molecular weight excluding hydrogens is 212 g/mol. The Morgan fingerprint density at radius 3 is 3.13 bits per heavy atom. The molecule has 1 aromatic heterocycles. The van der Waals surface area contributed by atoms with E-state index < -0.39 is 0 Å². The van der Waals surface area contributed by atoms with Gasteiger partial charge < -0.3 is 4.98 Å². The number of aromatic nitrogens is 2. The van der Waals surface area contributed by atoms with Gasteiger partial charge in [0.05, 0.1) is 5.71 Å². The predicted octanol–water partition coefficient (Wildman–Crippen LogP) is 1.00. The number of aryl methyl sites for hydroxylation is 1. The zero-order valence-corrected chi connectivity index (χ0v) is 9.04. The van der Waals surface area contributed by atoms with Crippen LogP contribution in [-0.4, -0.2) is 27.6 Å². The van der Waals surface area contributed by atoms with Gasteiger partial charge in [-0.25, -0.2) is 4.98 Å². The Kier molecular flexibility index (Phi) is 2.96. The number of nitrogens with zero attached hydrogens (tertiary/aromatic N) is 3. The minimum atomic E-state index is -0.116. The first-order valence-corrected chi connectivity index (χ1v) is 5.50. The Hall–Kier alpha value is -1.43. The molecule has 0 aromatic carbocycles. The molecule has 0 bridgehead atoms. The molecule has 2 rings (SSSR count). The molecule has 1 aliphatic rings. The monoisotopic (exact) mass is 222 g/mol. The van der Waals surface area contributed by atoms with Gasteiger partial charge in [-0.3, -0.25) is 4.79 Å². The summed E-state index contributed by atoms with van der Waals surface area (Å²) in [6.07, 6.45) is 2.56. The number of thioether (sulfide) groups is 1. The van der Waals surface area contributed by atoms with Crippen LogP contribution < -0.4 is 5.56 Å². The van der Waals surface area contributed by atoms with Crippen molar-refractivity contribution in [1.29, 1.82) is 0 Å². The van der Waals surface area contributed by atoms with Crippen molar-refractivity contribution in [2.45, 2.75) is 18.5 Å². The standard InChI is InChI=1S/C9H10N4OS/c1-6-4-8(14)12-9(11-6)15-5-7-2-3-10-13-7/h3-4H,2,5H2,1H3,(H,11,12,14). The third-order valence-corrected chi connectivity index (χ3v) is 2.78. The SMILES string of the molecule is Cc1cc(=O)[nH]c(SCC2=NN=CC2)n1. The molecule has 78 valence electrons. The van der Waals surface area contributed by atoms with Crippen LogP contribution in [0, 0.1) is 6.92 Å². The summed E-state index contributed by atoms with van der Waals surface area (Å²) in [6.45, 7) is 1.80. The van der Waals surface area contributed by atoms with Gasteiger partial charge in [0.25, 0.3) is 5.56 Å². The van der Waals surface area contributed by atoms with Crippen LogP contribution in [0.3, 0.4) is 0 Å². The molecule has 0 unspecified atom stereocenters. The van der Waals surface area contributed by atoms with Gasteiger partial charge in [-0.2, -0.15) is 10.2 Å². The number of nitrogens with one attached hydrogen (secondary N) is 1. The average Bonchev–Trinajstić information content (AvgIpc) is 2.65. The van der Waals surface area contributed by atoms with E-state index in [2.05, 4.69) is 20.2 Å². The van der Waals surface area contributed by atoms with Crippen LogP contribution in [0.2, 0.25) is 0 Å². The number of rotatable bonds is 3. The molecule has 6 heteroatoms. The predicted molar refractivity (Wildman–Crippen MR) is 60.9 cm³/mol. The lowest BCUT2D eigenvalue weighted by Crippen LogP contribution is -2.09. The van der Waals surface area contributed by atoms with Crippen molar-refractivity contribution < 1.29 is 0 Å². The number of hydrogen-bond acceptors (Lipinski definition) is 5. The van der Waals surface area contributed by atoms with Gasteiger partial charge in [0.1, 0.15) is 0 Å². The fourth-order valence-electron chi connectivity index (χ4n) is 1.17. The lowest BCUT2D eigenvalue weighted by molar-refractivity contribution is 0.907. The third-order valence-electron chi connectivity index (χ3n) is 1.83. The minimum Gasteiger partial charge on any atom is -0.301 e. The van der Waals surface area contributed by atoms with Crippen LogP contribution in [0.1, 0.15) is 12.1 Å². The van der Waals surface area contributed by atoms with Gasteiger partial charge in [0.15, 0.2) is 5.16 Å². The molecule has 2 heterocycles. The summed E-state index contributed by atoms with van der Waals surface area (Å²) in [7, 11) is 0. The number of hydrogen-bond donors (Lipinski definition) is 1. The van der Waals surface area contributed by atoms with Crippen LogP contribution in [0.4, 0.5) is 0 Å². The summed E-state index contributed by atoms with van der Waals surface area (Å²) in [5.41, 5.74) is 1.62. The highest BCUT2D eigenvalue weighted by molar-refractivity contribution is 7.99. The molecule has 0 saturated heterocycles. The molecule has 0 fully saturated rings. The van der Waals surface area contributed by atoms with Crippen molar-refractivity contribution in [3.8, 4) is 0 Å². The Morgan fingerprint density at radius 1 is 1.60 bits per heavy atom. The number of aromatic amines is 1. The van der Waals surface area contributed by atoms with Gasteiger partial charge in [-0.15, -0.1) is 0 Å². The first-order valence-electron chi connectivity index (χ1n) is 4.52. The van der Waals surface area contributed by atoms with Crippen molar-refractivity contribution in [3.05, 3.63) is 22.1 Å². The summed E-state index contributed by atoms with van der Waals surface area (Å²) < 4.78 is 0. The molecular formula is C9H10N4OS. The second-order valence-electron chi connectivity index (χ2n) is 3.15. The maximum absolute atomic E-state index is 11.1. The van der Waals surface area contributed by atoms with Crippen LogP contribution in [0.25, 0.3) is 0 Å². The largest absolute Gasteiger partial charge is 0.301 e. The van der Waals surface area contributed by atoms with Gasteiger partial charge >= 0.3 is 0 Å². The molecule has 1 aromatic rings. The van der Waals surface area contributed by atoms with E-state index in [-0.39, 0.29) is 5.56 Å². The molecule has 0 radical (unpaired) electrons. The first-order chi connectivity index (χ1) is 7.24. The second-order valence-corrected chi connectivity index (χ2v) is 4.11. The third kappa shape index (κ3) is 2.76. The van der Waals surface area contributed by atoms with E-state index in [0.29, 0.717) is 10.9 Å². The Labute approximate surface area is 90.7 Å². The van der Waals surface area contributed by atoms with Crippen molar-refractivity contribution >= 4 is 23.7 Å². The minimum absolute atomic E-state index is 0.116. The number of H-pyrrole nitrogens is 1. The Balaban J connectivity index is 2.01. The lowest BCUT2D eigenvalue weighted by Gasteiger charge is -2.00. The van der Waals surface area contributed by atoms with E-state index in [9.17, 15) is 4.79 Å².